The lowest BCUT2D eigenvalue weighted by Crippen LogP contribution is -2.15. The normalized spacial score (nSPS) is 26.1. The average molecular weight is 253 g/mol. The van der Waals surface area contributed by atoms with Crippen molar-refractivity contribution < 1.29 is 4.74 Å². The van der Waals surface area contributed by atoms with Crippen LogP contribution < -0.4 is 0 Å². The van der Waals surface area contributed by atoms with Gasteiger partial charge < -0.3 is 4.74 Å². The minimum atomic E-state index is 0.397. The van der Waals surface area contributed by atoms with Crippen LogP contribution in [0.25, 0.3) is 0 Å². The molecule has 0 amide bonds. The molecule has 1 aliphatic rings. The first kappa shape index (κ1) is 12.9. The number of hydrogen-bond donors (Lipinski definition) is 0. The first-order valence-electron chi connectivity index (χ1n) is 6.47. The fourth-order valence-electron chi connectivity index (χ4n) is 2.69. The van der Waals surface area contributed by atoms with Crippen LogP contribution in [0.2, 0.25) is 0 Å². The standard InChI is InChI=1S/C15H21ClO/c1-11-5-3-4-6-15(11)13(10-16)9-14-8-7-12(2)17-14/h3-6,12-14H,7-10H2,1-2H3. The fraction of sp³-hybridized carbons (Fsp3) is 0.600. The van der Waals surface area contributed by atoms with E-state index in [0.717, 1.165) is 6.42 Å². The van der Waals surface area contributed by atoms with Crippen molar-refractivity contribution in [2.45, 2.75) is 51.2 Å². The van der Waals surface area contributed by atoms with E-state index in [-0.39, 0.29) is 0 Å². The molecule has 1 aromatic carbocycles. The van der Waals surface area contributed by atoms with Crippen LogP contribution in [0.1, 0.15) is 43.2 Å². The van der Waals surface area contributed by atoms with Crippen molar-refractivity contribution >= 4 is 11.6 Å². The molecule has 17 heavy (non-hydrogen) atoms. The third-order valence-corrected chi connectivity index (χ3v) is 4.05. The third-order valence-electron chi connectivity index (χ3n) is 3.68. The van der Waals surface area contributed by atoms with E-state index in [9.17, 15) is 0 Å². The summed E-state index contributed by atoms with van der Waals surface area (Å²) < 4.78 is 5.90. The van der Waals surface area contributed by atoms with E-state index < -0.39 is 0 Å². The summed E-state index contributed by atoms with van der Waals surface area (Å²) in [6.45, 7) is 4.32. The van der Waals surface area contributed by atoms with Gasteiger partial charge >= 0.3 is 0 Å². The Kier molecular flexibility index (Phi) is 4.47. The van der Waals surface area contributed by atoms with Crippen LogP contribution in [0.5, 0.6) is 0 Å². The van der Waals surface area contributed by atoms with Gasteiger partial charge in [-0.2, -0.15) is 0 Å². The summed E-state index contributed by atoms with van der Waals surface area (Å²) in [4.78, 5) is 0. The van der Waals surface area contributed by atoms with Crippen molar-refractivity contribution in [1.29, 1.82) is 0 Å². The number of aryl methyl sites for hydroxylation is 1. The monoisotopic (exact) mass is 252 g/mol. The topological polar surface area (TPSA) is 9.23 Å². The second-order valence-electron chi connectivity index (χ2n) is 5.09. The Morgan fingerprint density at radius 3 is 2.71 bits per heavy atom. The van der Waals surface area contributed by atoms with Gasteiger partial charge in [0.15, 0.2) is 0 Å². The molecule has 0 radical (unpaired) electrons. The molecule has 3 unspecified atom stereocenters. The van der Waals surface area contributed by atoms with Crippen molar-refractivity contribution in [3.05, 3.63) is 35.4 Å². The van der Waals surface area contributed by atoms with Crippen LogP contribution in [0.15, 0.2) is 24.3 Å². The minimum absolute atomic E-state index is 0.397. The smallest absolute Gasteiger partial charge is 0.0586 e. The Hall–Kier alpha value is -0.530. The lowest BCUT2D eigenvalue weighted by molar-refractivity contribution is 0.0477. The number of halogens is 1. The van der Waals surface area contributed by atoms with Gasteiger partial charge in [-0.25, -0.2) is 0 Å². The summed E-state index contributed by atoms with van der Waals surface area (Å²) in [5, 5.41) is 0. The maximum absolute atomic E-state index is 6.13. The molecule has 2 rings (SSSR count). The third kappa shape index (κ3) is 3.23. The summed E-state index contributed by atoms with van der Waals surface area (Å²) in [6.07, 6.45) is 4.24. The number of rotatable bonds is 4. The van der Waals surface area contributed by atoms with Gasteiger partial charge in [0.05, 0.1) is 12.2 Å². The zero-order chi connectivity index (χ0) is 12.3. The van der Waals surface area contributed by atoms with E-state index in [1.165, 1.54) is 24.0 Å². The lowest BCUT2D eigenvalue weighted by Gasteiger charge is -2.20. The second kappa shape index (κ2) is 5.88. The highest BCUT2D eigenvalue weighted by Crippen LogP contribution is 2.31. The zero-order valence-electron chi connectivity index (χ0n) is 10.7. The molecule has 1 fully saturated rings. The predicted molar refractivity (Wildman–Crippen MR) is 72.8 cm³/mol. The number of hydrogen-bond acceptors (Lipinski definition) is 1. The van der Waals surface area contributed by atoms with Crippen LogP contribution in [-0.2, 0) is 4.74 Å². The molecule has 0 bridgehead atoms. The molecule has 1 nitrogen and oxygen atoms in total. The zero-order valence-corrected chi connectivity index (χ0v) is 11.4. The van der Waals surface area contributed by atoms with Gasteiger partial charge in [0, 0.05) is 11.8 Å². The van der Waals surface area contributed by atoms with Crippen LogP contribution >= 0.6 is 11.6 Å². The molecule has 3 atom stereocenters. The van der Waals surface area contributed by atoms with Gasteiger partial charge in [0.25, 0.3) is 0 Å². The van der Waals surface area contributed by atoms with Gasteiger partial charge in [-0.05, 0) is 44.2 Å². The van der Waals surface area contributed by atoms with Crippen LogP contribution in [0.3, 0.4) is 0 Å². The van der Waals surface area contributed by atoms with Crippen LogP contribution in [-0.4, -0.2) is 18.1 Å². The highest BCUT2D eigenvalue weighted by Gasteiger charge is 2.25. The van der Waals surface area contributed by atoms with E-state index >= 15 is 0 Å². The minimum Gasteiger partial charge on any atom is -0.375 e. The maximum atomic E-state index is 6.13. The number of ether oxygens (including phenoxy) is 1. The predicted octanol–water partition coefficient (Wildman–Crippen LogP) is 4.28. The van der Waals surface area contributed by atoms with E-state index in [0.29, 0.717) is 24.0 Å². The Morgan fingerprint density at radius 2 is 2.12 bits per heavy atom. The Balaban J connectivity index is 2.04. The molecule has 0 saturated carbocycles. The van der Waals surface area contributed by atoms with Crippen molar-refractivity contribution in [3.8, 4) is 0 Å². The summed E-state index contributed by atoms with van der Waals surface area (Å²) in [5.74, 6) is 1.10. The van der Waals surface area contributed by atoms with Gasteiger partial charge in [-0.3, -0.25) is 0 Å². The molecule has 2 heteroatoms. The second-order valence-corrected chi connectivity index (χ2v) is 5.40. The first-order valence-corrected chi connectivity index (χ1v) is 7.01. The summed E-state index contributed by atoms with van der Waals surface area (Å²) in [5.41, 5.74) is 2.72. The van der Waals surface area contributed by atoms with Crippen molar-refractivity contribution in [2.75, 3.05) is 5.88 Å². The molecular weight excluding hydrogens is 232 g/mol. The lowest BCUT2D eigenvalue weighted by atomic mass is 9.91. The fourth-order valence-corrected chi connectivity index (χ4v) is 2.99. The van der Waals surface area contributed by atoms with Crippen LogP contribution in [0.4, 0.5) is 0 Å². The van der Waals surface area contributed by atoms with Gasteiger partial charge in [-0.1, -0.05) is 24.3 Å². The molecule has 0 N–H and O–H groups in total. The highest BCUT2D eigenvalue weighted by molar-refractivity contribution is 6.18. The molecule has 1 heterocycles. The highest BCUT2D eigenvalue weighted by atomic mass is 35.5. The molecule has 0 spiro atoms. The summed E-state index contributed by atoms with van der Waals surface area (Å²) in [7, 11) is 0. The van der Waals surface area contributed by atoms with Gasteiger partial charge in [0.2, 0.25) is 0 Å². The maximum Gasteiger partial charge on any atom is 0.0586 e. The average Bonchev–Trinajstić information content (AvgIpc) is 2.73. The Labute approximate surface area is 109 Å². The Morgan fingerprint density at radius 1 is 1.35 bits per heavy atom. The summed E-state index contributed by atoms with van der Waals surface area (Å²) in [6, 6.07) is 8.53. The molecule has 94 valence electrons. The van der Waals surface area contributed by atoms with E-state index in [2.05, 4.69) is 38.1 Å². The van der Waals surface area contributed by atoms with Crippen molar-refractivity contribution in [3.63, 3.8) is 0 Å². The van der Waals surface area contributed by atoms with E-state index in [1.54, 1.807) is 0 Å². The molecule has 0 aromatic heterocycles. The van der Waals surface area contributed by atoms with Crippen molar-refractivity contribution in [1.82, 2.24) is 0 Å². The van der Waals surface area contributed by atoms with Gasteiger partial charge in [-0.15, -0.1) is 11.6 Å². The summed E-state index contributed by atoms with van der Waals surface area (Å²) >= 11 is 6.13. The molecular formula is C15H21ClO. The van der Waals surface area contributed by atoms with E-state index in [4.69, 9.17) is 16.3 Å². The number of alkyl halides is 1. The Bertz CT molecular complexity index is 364. The first-order chi connectivity index (χ1) is 8.20. The molecule has 1 aliphatic heterocycles. The molecule has 0 aliphatic carbocycles. The molecule has 1 aromatic rings. The van der Waals surface area contributed by atoms with Crippen LogP contribution in [0, 0.1) is 6.92 Å². The number of benzene rings is 1. The van der Waals surface area contributed by atoms with Crippen molar-refractivity contribution in [2.24, 2.45) is 0 Å². The SMILES string of the molecule is Cc1ccccc1C(CCl)CC1CCC(C)O1. The van der Waals surface area contributed by atoms with Gasteiger partial charge in [0.1, 0.15) is 0 Å². The molecule has 1 saturated heterocycles. The van der Waals surface area contributed by atoms with E-state index in [1.807, 2.05) is 0 Å². The quantitative estimate of drug-likeness (QED) is 0.727. The largest absolute Gasteiger partial charge is 0.375 e.